The standard InChI is InChI=1S/C7H10N2O/c8-4-3-7(1-2-7)5-9-6-10/h6H,1-3,5H2,(H,9,10). The van der Waals surface area contributed by atoms with Gasteiger partial charge in [-0.1, -0.05) is 0 Å². The molecule has 3 nitrogen and oxygen atoms in total. The molecule has 0 bridgehead atoms. The Morgan fingerprint density at radius 2 is 2.40 bits per heavy atom. The van der Waals surface area contributed by atoms with Crippen molar-refractivity contribution in [2.45, 2.75) is 19.3 Å². The molecule has 54 valence electrons. The number of carbonyl (C=O) groups excluding carboxylic acids is 1. The fourth-order valence-electron chi connectivity index (χ4n) is 1.02. The first-order chi connectivity index (χ1) is 4.83. The quantitative estimate of drug-likeness (QED) is 0.572. The number of rotatable bonds is 4. The second-order valence-corrected chi connectivity index (χ2v) is 2.83. The van der Waals surface area contributed by atoms with E-state index >= 15 is 0 Å². The van der Waals surface area contributed by atoms with E-state index in [0.29, 0.717) is 19.4 Å². The van der Waals surface area contributed by atoms with E-state index in [1.165, 1.54) is 0 Å². The summed E-state index contributed by atoms with van der Waals surface area (Å²) in [5.74, 6) is 0. The van der Waals surface area contributed by atoms with Crippen LogP contribution in [0.25, 0.3) is 0 Å². The van der Waals surface area contributed by atoms with E-state index in [9.17, 15) is 4.79 Å². The number of amides is 1. The van der Waals surface area contributed by atoms with Crippen LogP contribution < -0.4 is 5.32 Å². The molecule has 0 aliphatic heterocycles. The molecule has 3 heteroatoms. The lowest BCUT2D eigenvalue weighted by molar-refractivity contribution is -0.109. The normalized spacial score (nSPS) is 19.1. The first-order valence-corrected chi connectivity index (χ1v) is 3.37. The van der Waals surface area contributed by atoms with Gasteiger partial charge in [-0.05, 0) is 12.8 Å². The Kier molecular flexibility index (Phi) is 1.91. The van der Waals surface area contributed by atoms with Gasteiger partial charge in [0.2, 0.25) is 6.41 Å². The summed E-state index contributed by atoms with van der Waals surface area (Å²) in [7, 11) is 0. The maximum Gasteiger partial charge on any atom is 0.207 e. The van der Waals surface area contributed by atoms with Crippen molar-refractivity contribution in [3.05, 3.63) is 0 Å². The van der Waals surface area contributed by atoms with E-state index in [1.807, 2.05) is 0 Å². The van der Waals surface area contributed by atoms with Crippen LogP contribution in [0.4, 0.5) is 0 Å². The lowest BCUT2D eigenvalue weighted by atomic mass is 10.0. The average Bonchev–Trinajstić information content (AvgIpc) is 2.67. The van der Waals surface area contributed by atoms with Gasteiger partial charge < -0.3 is 5.32 Å². The van der Waals surface area contributed by atoms with Gasteiger partial charge in [0.1, 0.15) is 0 Å². The molecule has 1 fully saturated rings. The Morgan fingerprint density at radius 1 is 1.70 bits per heavy atom. The van der Waals surface area contributed by atoms with E-state index < -0.39 is 0 Å². The highest BCUT2D eigenvalue weighted by atomic mass is 16.1. The van der Waals surface area contributed by atoms with Crippen molar-refractivity contribution in [2.75, 3.05) is 6.54 Å². The molecule has 0 saturated heterocycles. The van der Waals surface area contributed by atoms with Crippen molar-refractivity contribution in [3.63, 3.8) is 0 Å². The van der Waals surface area contributed by atoms with E-state index in [0.717, 1.165) is 12.8 Å². The summed E-state index contributed by atoms with van der Waals surface area (Å²) in [4.78, 5) is 9.89. The second kappa shape index (κ2) is 2.70. The molecule has 0 aromatic heterocycles. The first-order valence-electron chi connectivity index (χ1n) is 3.37. The summed E-state index contributed by atoms with van der Waals surface area (Å²) in [5, 5.41) is 11.0. The van der Waals surface area contributed by atoms with Gasteiger partial charge in [0, 0.05) is 18.4 Å². The van der Waals surface area contributed by atoms with Crippen molar-refractivity contribution in [3.8, 4) is 6.07 Å². The lowest BCUT2D eigenvalue weighted by Gasteiger charge is -2.07. The molecule has 1 aliphatic carbocycles. The Hall–Kier alpha value is -1.04. The molecular weight excluding hydrogens is 128 g/mol. The van der Waals surface area contributed by atoms with Gasteiger partial charge in [0.15, 0.2) is 0 Å². The molecule has 1 aliphatic rings. The van der Waals surface area contributed by atoms with Crippen LogP contribution in [0.3, 0.4) is 0 Å². The van der Waals surface area contributed by atoms with Crippen LogP contribution in [0.1, 0.15) is 19.3 Å². The van der Waals surface area contributed by atoms with Crippen LogP contribution in [-0.4, -0.2) is 13.0 Å². The van der Waals surface area contributed by atoms with E-state index in [2.05, 4.69) is 11.4 Å². The fourth-order valence-corrected chi connectivity index (χ4v) is 1.02. The summed E-state index contributed by atoms with van der Waals surface area (Å²) in [6.07, 6.45) is 3.44. The molecule has 1 N–H and O–H groups in total. The molecule has 0 aromatic rings. The average molecular weight is 138 g/mol. The highest BCUT2D eigenvalue weighted by molar-refractivity contribution is 5.46. The molecule has 0 atom stereocenters. The molecule has 0 spiro atoms. The number of nitrogens with zero attached hydrogens (tertiary/aromatic N) is 1. The summed E-state index contributed by atoms with van der Waals surface area (Å²) in [6, 6.07) is 2.12. The zero-order chi connectivity index (χ0) is 7.45. The smallest absolute Gasteiger partial charge is 0.207 e. The van der Waals surface area contributed by atoms with Crippen molar-refractivity contribution in [1.29, 1.82) is 5.26 Å². The zero-order valence-corrected chi connectivity index (χ0v) is 5.76. The van der Waals surface area contributed by atoms with Gasteiger partial charge in [0.25, 0.3) is 0 Å². The van der Waals surface area contributed by atoms with Gasteiger partial charge in [-0.3, -0.25) is 4.79 Å². The van der Waals surface area contributed by atoms with Gasteiger partial charge in [-0.15, -0.1) is 0 Å². The van der Waals surface area contributed by atoms with Crippen molar-refractivity contribution in [1.82, 2.24) is 5.32 Å². The van der Waals surface area contributed by atoms with Crippen LogP contribution in [-0.2, 0) is 4.79 Å². The Labute approximate surface area is 60.0 Å². The number of hydrogen-bond donors (Lipinski definition) is 1. The molecule has 1 rings (SSSR count). The minimum atomic E-state index is 0.148. The third kappa shape index (κ3) is 1.47. The summed E-state index contributed by atoms with van der Waals surface area (Å²) >= 11 is 0. The molecule has 1 amide bonds. The summed E-state index contributed by atoms with van der Waals surface area (Å²) in [6.45, 7) is 0.671. The predicted octanol–water partition coefficient (Wildman–Crippen LogP) is 0.426. The predicted molar refractivity (Wildman–Crippen MR) is 36.0 cm³/mol. The molecular formula is C7H10N2O. The molecule has 0 aromatic carbocycles. The Morgan fingerprint density at radius 3 is 2.80 bits per heavy atom. The van der Waals surface area contributed by atoms with Gasteiger partial charge >= 0.3 is 0 Å². The zero-order valence-electron chi connectivity index (χ0n) is 5.76. The fraction of sp³-hybridized carbons (Fsp3) is 0.714. The van der Waals surface area contributed by atoms with E-state index in [1.54, 1.807) is 0 Å². The highest BCUT2D eigenvalue weighted by Gasteiger charge is 2.41. The molecule has 0 radical (unpaired) electrons. The molecule has 1 saturated carbocycles. The Balaban J connectivity index is 2.24. The van der Waals surface area contributed by atoms with Gasteiger partial charge in [0.05, 0.1) is 6.07 Å². The molecule has 0 unspecified atom stereocenters. The van der Waals surface area contributed by atoms with Crippen LogP contribution in [0.5, 0.6) is 0 Å². The van der Waals surface area contributed by atoms with Crippen LogP contribution in [0, 0.1) is 16.7 Å². The van der Waals surface area contributed by atoms with Crippen molar-refractivity contribution < 1.29 is 4.79 Å². The minimum absolute atomic E-state index is 0.148. The third-order valence-corrected chi connectivity index (χ3v) is 1.97. The first kappa shape index (κ1) is 7.07. The van der Waals surface area contributed by atoms with Gasteiger partial charge in [-0.25, -0.2) is 0 Å². The maximum atomic E-state index is 9.89. The monoisotopic (exact) mass is 138 g/mol. The van der Waals surface area contributed by atoms with Crippen molar-refractivity contribution >= 4 is 6.41 Å². The number of nitrogens with one attached hydrogen (secondary N) is 1. The largest absolute Gasteiger partial charge is 0.358 e. The minimum Gasteiger partial charge on any atom is -0.358 e. The molecule has 0 heterocycles. The number of hydrogen-bond acceptors (Lipinski definition) is 2. The maximum absolute atomic E-state index is 9.89. The van der Waals surface area contributed by atoms with Crippen molar-refractivity contribution in [2.24, 2.45) is 5.41 Å². The summed E-state index contributed by atoms with van der Waals surface area (Å²) in [5.41, 5.74) is 0.148. The highest BCUT2D eigenvalue weighted by Crippen LogP contribution is 2.47. The van der Waals surface area contributed by atoms with Gasteiger partial charge in [-0.2, -0.15) is 5.26 Å². The topological polar surface area (TPSA) is 52.9 Å². The SMILES string of the molecule is N#CCC1(CNC=O)CC1. The lowest BCUT2D eigenvalue weighted by Crippen LogP contribution is -2.21. The Bertz CT molecular complexity index is 167. The van der Waals surface area contributed by atoms with Crippen LogP contribution in [0.2, 0.25) is 0 Å². The summed E-state index contributed by atoms with van der Waals surface area (Å²) < 4.78 is 0. The molecule has 10 heavy (non-hydrogen) atoms. The third-order valence-electron chi connectivity index (χ3n) is 1.97. The number of carbonyl (C=O) groups is 1. The van der Waals surface area contributed by atoms with Crippen LogP contribution in [0.15, 0.2) is 0 Å². The number of nitriles is 1. The van der Waals surface area contributed by atoms with E-state index in [-0.39, 0.29) is 5.41 Å². The van der Waals surface area contributed by atoms with E-state index in [4.69, 9.17) is 5.26 Å². The second-order valence-electron chi connectivity index (χ2n) is 2.83. The van der Waals surface area contributed by atoms with Crippen LogP contribution >= 0.6 is 0 Å².